The third kappa shape index (κ3) is 2.56. The van der Waals surface area contributed by atoms with Crippen molar-refractivity contribution in [1.29, 1.82) is 0 Å². The molecule has 0 saturated heterocycles. The van der Waals surface area contributed by atoms with Crippen molar-refractivity contribution in [3.05, 3.63) is 29.3 Å². The normalized spacial score (nSPS) is 16.2. The lowest BCUT2D eigenvalue weighted by atomic mass is 9.86. The number of hydrogen-bond acceptors (Lipinski definition) is 2. The van der Waals surface area contributed by atoms with Gasteiger partial charge in [0.05, 0.1) is 6.10 Å². The molecule has 1 aliphatic rings. The lowest BCUT2D eigenvalue weighted by Gasteiger charge is -2.21. The van der Waals surface area contributed by atoms with Gasteiger partial charge in [-0.2, -0.15) is 0 Å². The first-order valence-corrected chi connectivity index (χ1v) is 6.01. The Kier molecular flexibility index (Phi) is 2.94. The molecule has 2 nitrogen and oxygen atoms in total. The monoisotopic (exact) mass is 219 g/mol. The largest absolute Gasteiger partial charge is 0.490 e. The van der Waals surface area contributed by atoms with Crippen LogP contribution in [0.4, 0.5) is 0 Å². The zero-order chi connectivity index (χ0) is 11.8. The fourth-order valence-electron chi connectivity index (χ4n) is 1.69. The summed E-state index contributed by atoms with van der Waals surface area (Å²) in [4.78, 5) is 0. The maximum Gasteiger partial charge on any atom is 0.124 e. The first-order chi connectivity index (χ1) is 7.50. The SMILES string of the molecule is CC(C)(C)c1ccc(OC2CC2)c(CN)c1. The van der Waals surface area contributed by atoms with Gasteiger partial charge in [0.25, 0.3) is 0 Å². The molecule has 0 bridgehead atoms. The molecule has 0 aliphatic heterocycles. The quantitative estimate of drug-likeness (QED) is 0.848. The molecule has 1 fully saturated rings. The van der Waals surface area contributed by atoms with E-state index in [1.165, 1.54) is 18.4 Å². The Balaban J connectivity index is 2.26. The van der Waals surface area contributed by atoms with Gasteiger partial charge in [-0.25, -0.2) is 0 Å². The molecule has 0 radical (unpaired) electrons. The van der Waals surface area contributed by atoms with E-state index < -0.39 is 0 Å². The van der Waals surface area contributed by atoms with E-state index in [2.05, 4.69) is 39.0 Å². The van der Waals surface area contributed by atoms with Gasteiger partial charge in [-0.05, 0) is 29.9 Å². The molecule has 2 heteroatoms. The Labute approximate surface area is 97.8 Å². The van der Waals surface area contributed by atoms with Crippen LogP contribution in [0.2, 0.25) is 0 Å². The summed E-state index contributed by atoms with van der Waals surface area (Å²) < 4.78 is 5.83. The van der Waals surface area contributed by atoms with Crippen LogP contribution in [0.3, 0.4) is 0 Å². The molecule has 0 spiro atoms. The average Bonchev–Trinajstić information content (AvgIpc) is 3.00. The number of benzene rings is 1. The van der Waals surface area contributed by atoms with Crippen LogP contribution in [-0.2, 0) is 12.0 Å². The summed E-state index contributed by atoms with van der Waals surface area (Å²) in [5.41, 5.74) is 8.39. The summed E-state index contributed by atoms with van der Waals surface area (Å²) in [6.07, 6.45) is 2.81. The second-order valence-electron chi connectivity index (χ2n) is 5.59. The van der Waals surface area contributed by atoms with Gasteiger partial charge >= 0.3 is 0 Å². The average molecular weight is 219 g/mol. The van der Waals surface area contributed by atoms with E-state index in [1.807, 2.05) is 0 Å². The first kappa shape index (κ1) is 11.5. The number of rotatable bonds is 3. The van der Waals surface area contributed by atoms with Crippen LogP contribution in [0.25, 0.3) is 0 Å². The van der Waals surface area contributed by atoms with E-state index in [1.54, 1.807) is 0 Å². The second-order valence-corrected chi connectivity index (χ2v) is 5.59. The summed E-state index contributed by atoms with van der Waals surface area (Å²) in [5, 5.41) is 0. The first-order valence-electron chi connectivity index (χ1n) is 6.01. The molecule has 2 N–H and O–H groups in total. The number of ether oxygens (including phenoxy) is 1. The molecular weight excluding hydrogens is 198 g/mol. The van der Waals surface area contributed by atoms with E-state index in [9.17, 15) is 0 Å². The molecule has 0 heterocycles. The highest BCUT2D eigenvalue weighted by Crippen LogP contribution is 2.32. The molecule has 1 saturated carbocycles. The lowest BCUT2D eigenvalue weighted by molar-refractivity contribution is 0.300. The van der Waals surface area contributed by atoms with Gasteiger partial charge in [-0.15, -0.1) is 0 Å². The van der Waals surface area contributed by atoms with Crippen LogP contribution in [0.1, 0.15) is 44.7 Å². The Morgan fingerprint density at radius 2 is 2.00 bits per heavy atom. The van der Waals surface area contributed by atoms with Crippen molar-refractivity contribution in [3.63, 3.8) is 0 Å². The Bertz CT molecular complexity index is 375. The number of hydrogen-bond donors (Lipinski definition) is 1. The Hall–Kier alpha value is -1.02. The standard InChI is InChI=1S/C14H21NO/c1-14(2,3)11-4-7-13(10(8-11)9-15)16-12-5-6-12/h4,7-8,12H,5-6,9,15H2,1-3H3. The molecule has 2 rings (SSSR count). The molecule has 0 atom stereocenters. The highest BCUT2D eigenvalue weighted by atomic mass is 16.5. The van der Waals surface area contributed by atoms with Crippen molar-refractivity contribution in [1.82, 2.24) is 0 Å². The van der Waals surface area contributed by atoms with Crippen LogP contribution in [0.15, 0.2) is 18.2 Å². The Morgan fingerprint density at radius 1 is 1.31 bits per heavy atom. The van der Waals surface area contributed by atoms with Crippen LogP contribution < -0.4 is 10.5 Å². The van der Waals surface area contributed by atoms with E-state index in [4.69, 9.17) is 10.5 Å². The van der Waals surface area contributed by atoms with Gasteiger partial charge in [0.2, 0.25) is 0 Å². The van der Waals surface area contributed by atoms with Gasteiger partial charge in [0.1, 0.15) is 5.75 Å². The van der Waals surface area contributed by atoms with Gasteiger partial charge < -0.3 is 10.5 Å². The van der Waals surface area contributed by atoms with Crippen molar-refractivity contribution in [2.75, 3.05) is 0 Å². The van der Waals surface area contributed by atoms with Gasteiger partial charge in [0, 0.05) is 12.1 Å². The topological polar surface area (TPSA) is 35.2 Å². The lowest BCUT2D eigenvalue weighted by Crippen LogP contribution is -2.13. The van der Waals surface area contributed by atoms with Gasteiger partial charge in [-0.3, -0.25) is 0 Å². The fraction of sp³-hybridized carbons (Fsp3) is 0.571. The minimum absolute atomic E-state index is 0.169. The summed E-state index contributed by atoms with van der Waals surface area (Å²) in [6, 6.07) is 6.40. The zero-order valence-corrected chi connectivity index (χ0v) is 10.4. The molecule has 16 heavy (non-hydrogen) atoms. The van der Waals surface area contributed by atoms with Gasteiger partial charge in [-0.1, -0.05) is 32.9 Å². The van der Waals surface area contributed by atoms with Crippen molar-refractivity contribution >= 4 is 0 Å². The molecule has 88 valence electrons. The van der Waals surface area contributed by atoms with Crippen molar-refractivity contribution in [2.45, 2.75) is 51.7 Å². The molecule has 0 amide bonds. The molecule has 0 unspecified atom stereocenters. The van der Waals surface area contributed by atoms with E-state index >= 15 is 0 Å². The minimum atomic E-state index is 0.169. The number of nitrogens with two attached hydrogens (primary N) is 1. The summed E-state index contributed by atoms with van der Waals surface area (Å²) in [6.45, 7) is 7.18. The zero-order valence-electron chi connectivity index (χ0n) is 10.4. The molecular formula is C14H21NO. The van der Waals surface area contributed by atoms with Crippen molar-refractivity contribution in [2.24, 2.45) is 5.73 Å². The predicted molar refractivity (Wildman–Crippen MR) is 66.7 cm³/mol. The highest BCUT2D eigenvalue weighted by molar-refractivity contribution is 5.40. The predicted octanol–water partition coefficient (Wildman–Crippen LogP) is 2.98. The molecule has 1 aromatic rings. The molecule has 1 aromatic carbocycles. The van der Waals surface area contributed by atoms with E-state index in [0.717, 1.165) is 11.3 Å². The van der Waals surface area contributed by atoms with Crippen molar-refractivity contribution < 1.29 is 4.74 Å². The van der Waals surface area contributed by atoms with Crippen molar-refractivity contribution in [3.8, 4) is 5.75 Å². The summed E-state index contributed by atoms with van der Waals surface area (Å²) in [7, 11) is 0. The summed E-state index contributed by atoms with van der Waals surface area (Å²) >= 11 is 0. The van der Waals surface area contributed by atoms with E-state index in [-0.39, 0.29) is 5.41 Å². The van der Waals surface area contributed by atoms with Crippen LogP contribution in [0.5, 0.6) is 5.75 Å². The fourth-order valence-corrected chi connectivity index (χ4v) is 1.69. The van der Waals surface area contributed by atoms with Crippen LogP contribution in [0, 0.1) is 0 Å². The van der Waals surface area contributed by atoms with E-state index in [0.29, 0.717) is 12.6 Å². The smallest absolute Gasteiger partial charge is 0.124 e. The van der Waals surface area contributed by atoms with Crippen LogP contribution in [-0.4, -0.2) is 6.10 Å². The molecule has 1 aliphatic carbocycles. The molecule has 0 aromatic heterocycles. The van der Waals surface area contributed by atoms with Crippen LogP contribution >= 0.6 is 0 Å². The maximum absolute atomic E-state index is 5.83. The third-order valence-corrected chi connectivity index (χ3v) is 2.96. The highest BCUT2D eigenvalue weighted by Gasteiger charge is 2.25. The Morgan fingerprint density at radius 3 is 2.50 bits per heavy atom. The third-order valence-electron chi connectivity index (χ3n) is 2.96. The van der Waals surface area contributed by atoms with Gasteiger partial charge in [0.15, 0.2) is 0 Å². The maximum atomic E-state index is 5.83. The summed E-state index contributed by atoms with van der Waals surface area (Å²) in [5.74, 6) is 0.970. The second kappa shape index (κ2) is 4.10. The minimum Gasteiger partial charge on any atom is -0.490 e.